The van der Waals surface area contributed by atoms with E-state index < -0.39 is 16.8 Å². The monoisotopic (exact) mass is 372 g/mol. The number of aliphatic imine (C=N–C) groups is 1. The molecule has 1 aromatic heterocycles. The summed E-state index contributed by atoms with van der Waals surface area (Å²) in [5.41, 5.74) is 6.75. The van der Waals surface area contributed by atoms with Crippen LogP contribution in [0.15, 0.2) is 40.9 Å². The Bertz CT molecular complexity index is 801. The molecule has 0 amide bonds. The minimum atomic E-state index is -0.707. The number of ether oxygens (including phenoxy) is 1. The smallest absolute Gasteiger partial charge is 0.278 e. The van der Waals surface area contributed by atoms with Crippen molar-refractivity contribution in [1.82, 2.24) is 4.98 Å². The van der Waals surface area contributed by atoms with Crippen molar-refractivity contribution in [3.8, 4) is 0 Å². The van der Waals surface area contributed by atoms with Crippen molar-refractivity contribution in [2.45, 2.75) is 32.6 Å². The van der Waals surface area contributed by atoms with E-state index in [1.165, 1.54) is 0 Å². The Morgan fingerprint density at radius 1 is 1.37 bits per heavy atom. The molecule has 0 radical (unpaired) electrons. The van der Waals surface area contributed by atoms with Crippen molar-refractivity contribution in [2.75, 3.05) is 19.8 Å². The van der Waals surface area contributed by atoms with Gasteiger partial charge in [-0.05, 0) is 23.5 Å². The van der Waals surface area contributed by atoms with Gasteiger partial charge in [-0.25, -0.2) is 0 Å². The molecule has 144 valence electrons. The summed E-state index contributed by atoms with van der Waals surface area (Å²) < 4.78 is 5.45. The SMILES string of the molecule is CC1(C)CC(=O)C2C(=NC(COCCN)=C([N+](=O)[O-])C2c2cccnc2)C1. The number of aromatic nitrogens is 1. The van der Waals surface area contributed by atoms with E-state index in [4.69, 9.17) is 10.5 Å². The molecule has 0 spiro atoms. The maximum Gasteiger partial charge on any atom is 0.278 e. The van der Waals surface area contributed by atoms with E-state index >= 15 is 0 Å². The minimum absolute atomic E-state index is 0.00485. The van der Waals surface area contributed by atoms with E-state index in [2.05, 4.69) is 9.98 Å². The second-order valence-electron chi connectivity index (χ2n) is 7.76. The molecule has 1 aliphatic heterocycles. The number of allylic oxidation sites excluding steroid dienone is 1. The molecule has 0 bridgehead atoms. The Kier molecular flexibility index (Phi) is 5.48. The van der Waals surface area contributed by atoms with Crippen LogP contribution in [0.1, 0.15) is 38.2 Å². The number of hydrogen-bond acceptors (Lipinski definition) is 7. The molecule has 2 aliphatic rings. The van der Waals surface area contributed by atoms with Gasteiger partial charge in [-0.3, -0.25) is 24.9 Å². The van der Waals surface area contributed by atoms with Gasteiger partial charge in [-0.1, -0.05) is 19.9 Å². The van der Waals surface area contributed by atoms with Gasteiger partial charge in [-0.2, -0.15) is 0 Å². The first-order chi connectivity index (χ1) is 12.8. The van der Waals surface area contributed by atoms with Gasteiger partial charge in [-0.15, -0.1) is 0 Å². The Labute approximate surface area is 157 Å². The lowest BCUT2D eigenvalue weighted by Gasteiger charge is -2.39. The molecule has 1 aliphatic carbocycles. The Hall–Kier alpha value is -2.45. The lowest BCUT2D eigenvalue weighted by molar-refractivity contribution is -0.432. The zero-order valence-corrected chi connectivity index (χ0v) is 15.6. The van der Waals surface area contributed by atoms with E-state index in [0.29, 0.717) is 30.7 Å². The van der Waals surface area contributed by atoms with E-state index in [1.54, 1.807) is 24.5 Å². The summed E-state index contributed by atoms with van der Waals surface area (Å²) >= 11 is 0. The molecular formula is C19H24N4O4. The van der Waals surface area contributed by atoms with Crippen molar-refractivity contribution in [1.29, 1.82) is 0 Å². The molecule has 8 nitrogen and oxygen atoms in total. The molecule has 27 heavy (non-hydrogen) atoms. The largest absolute Gasteiger partial charge is 0.374 e. The third-order valence-corrected chi connectivity index (χ3v) is 4.96. The minimum Gasteiger partial charge on any atom is -0.374 e. The predicted molar refractivity (Wildman–Crippen MR) is 99.8 cm³/mol. The number of pyridine rings is 1. The maximum absolute atomic E-state index is 13.0. The van der Waals surface area contributed by atoms with Crippen LogP contribution in [0.4, 0.5) is 0 Å². The van der Waals surface area contributed by atoms with E-state index in [0.717, 1.165) is 0 Å². The van der Waals surface area contributed by atoms with Crippen molar-refractivity contribution in [3.63, 3.8) is 0 Å². The summed E-state index contributed by atoms with van der Waals surface area (Å²) in [4.78, 5) is 33.1. The average Bonchev–Trinajstić information content (AvgIpc) is 2.60. The molecular weight excluding hydrogens is 348 g/mol. The first-order valence-electron chi connectivity index (χ1n) is 8.99. The zero-order chi connectivity index (χ0) is 19.6. The Balaban J connectivity index is 2.13. The number of rotatable bonds is 6. The van der Waals surface area contributed by atoms with Gasteiger partial charge in [0, 0.05) is 31.1 Å². The van der Waals surface area contributed by atoms with Crippen LogP contribution in [0.25, 0.3) is 0 Å². The molecule has 2 unspecified atom stereocenters. The van der Waals surface area contributed by atoms with Gasteiger partial charge in [0.2, 0.25) is 0 Å². The number of nitrogens with two attached hydrogens (primary N) is 1. The van der Waals surface area contributed by atoms with E-state index in [1.807, 2.05) is 13.8 Å². The van der Waals surface area contributed by atoms with E-state index in [9.17, 15) is 14.9 Å². The summed E-state index contributed by atoms with van der Waals surface area (Å²) in [6.45, 7) is 4.62. The second kappa shape index (κ2) is 7.66. The lowest BCUT2D eigenvalue weighted by atomic mass is 9.64. The highest BCUT2D eigenvalue weighted by atomic mass is 16.6. The topological polar surface area (TPSA) is 121 Å². The predicted octanol–water partition coefficient (Wildman–Crippen LogP) is 2.09. The van der Waals surface area contributed by atoms with Crippen molar-refractivity contribution in [2.24, 2.45) is 22.1 Å². The fourth-order valence-electron chi connectivity index (χ4n) is 3.97. The van der Waals surface area contributed by atoms with Crippen LogP contribution in [0, 0.1) is 21.4 Å². The summed E-state index contributed by atoms with van der Waals surface area (Å²) in [6, 6.07) is 3.50. The fourth-order valence-corrected chi connectivity index (χ4v) is 3.97. The first kappa shape index (κ1) is 19.3. The summed E-state index contributed by atoms with van der Waals surface area (Å²) in [5, 5.41) is 12.0. The number of ketones is 1. The highest BCUT2D eigenvalue weighted by molar-refractivity contribution is 6.10. The van der Waals surface area contributed by atoms with Gasteiger partial charge >= 0.3 is 0 Å². The third kappa shape index (κ3) is 3.96. The zero-order valence-electron chi connectivity index (χ0n) is 15.6. The molecule has 2 N–H and O–H groups in total. The quantitative estimate of drug-likeness (QED) is 0.464. The molecule has 2 atom stereocenters. The van der Waals surface area contributed by atoms with Gasteiger partial charge in [0.05, 0.1) is 30.0 Å². The van der Waals surface area contributed by atoms with Crippen LogP contribution < -0.4 is 5.73 Å². The number of nitro groups is 1. The summed E-state index contributed by atoms with van der Waals surface area (Å²) in [6.07, 6.45) is 4.18. The van der Waals surface area contributed by atoms with Crippen LogP contribution in [-0.4, -0.2) is 41.2 Å². The molecule has 1 fully saturated rings. The van der Waals surface area contributed by atoms with Crippen molar-refractivity contribution >= 4 is 11.5 Å². The number of nitrogens with zero attached hydrogens (tertiary/aromatic N) is 3. The molecule has 1 saturated carbocycles. The standard InChI is InChI=1S/C19H24N4O4/c1-19(2)8-13-17(15(24)9-19)16(12-4-3-6-21-10-12)18(23(25)26)14(22-13)11-27-7-5-20/h3-4,6,10,16-17H,5,7-9,11,20H2,1-2H3. The fraction of sp³-hybridized carbons (Fsp3) is 0.526. The maximum atomic E-state index is 13.0. The second-order valence-corrected chi connectivity index (χ2v) is 7.76. The first-order valence-corrected chi connectivity index (χ1v) is 8.99. The number of carbonyl (C=O) groups excluding carboxylic acids is 1. The van der Waals surface area contributed by atoms with Gasteiger partial charge in [0.25, 0.3) is 5.70 Å². The third-order valence-electron chi connectivity index (χ3n) is 4.96. The van der Waals surface area contributed by atoms with Crippen LogP contribution >= 0.6 is 0 Å². The number of hydrogen-bond donors (Lipinski definition) is 1. The van der Waals surface area contributed by atoms with Crippen LogP contribution in [0.2, 0.25) is 0 Å². The van der Waals surface area contributed by atoms with Crippen LogP contribution in [0.5, 0.6) is 0 Å². The number of Topliss-reactive ketones (excluding diaryl/α,β-unsaturated/α-hetero) is 1. The molecule has 0 saturated heterocycles. The molecule has 3 rings (SSSR count). The van der Waals surface area contributed by atoms with E-state index in [-0.39, 0.29) is 35.8 Å². The van der Waals surface area contributed by atoms with Crippen molar-refractivity contribution in [3.05, 3.63) is 51.6 Å². The Morgan fingerprint density at radius 3 is 2.78 bits per heavy atom. The van der Waals surface area contributed by atoms with Crippen LogP contribution in [-0.2, 0) is 9.53 Å². The summed E-state index contributed by atoms with van der Waals surface area (Å²) in [5.74, 6) is -1.35. The van der Waals surface area contributed by atoms with Crippen LogP contribution in [0.3, 0.4) is 0 Å². The average molecular weight is 372 g/mol. The molecule has 2 heterocycles. The normalized spacial score (nSPS) is 24.4. The molecule has 1 aromatic rings. The van der Waals surface area contributed by atoms with Crippen molar-refractivity contribution < 1.29 is 14.5 Å². The van der Waals surface area contributed by atoms with Gasteiger partial charge < -0.3 is 10.5 Å². The molecule has 8 heteroatoms. The lowest BCUT2D eigenvalue weighted by Crippen LogP contribution is -2.44. The highest BCUT2D eigenvalue weighted by Gasteiger charge is 2.50. The van der Waals surface area contributed by atoms with Gasteiger partial charge in [0.15, 0.2) is 0 Å². The molecule has 0 aromatic carbocycles. The number of fused-ring (bicyclic) bond motifs is 1. The highest BCUT2D eigenvalue weighted by Crippen LogP contribution is 2.46. The summed E-state index contributed by atoms with van der Waals surface area (Å²) in [7, 11) is 0. The van der Waals surface area contributed by atoms with Gasteiger partial charge in [0.1, 0.15) is 11.5 Å². The Morgan fingerprint density at radius 2 is 2.15 bits per heavy atom. The number of carbonyl (C=O) groups is 1.